The molecule has 2 rings (SSSR count). The van der Waals surface area contributed by atoms with Crippen LogP contribution in [0.2, 0.25) is 0 Å². The number of aromatic amines is 1. The number of nitrogen functional groups attached to an aromatic ring is 1. The monoisotopic (exact) mass is 410 g/mol. The first kappa shape index (κ1) is 21.5. The van der Waals surface area contributed by atoms with Crippen molar-refractivity contribution >= 4 is 34.2 Å². The Morgan fingerprint density at radius 1 is 1.14 bits per heavy atom. The molecule has 1 atom stereocenters. The smallest absolute Gasteiger partial charge is 0.355 e. The number of hydrogen-bond acceptors (Lipinski definition) is 9. The largest absolute Gasteiger partial charge is 0.465 e. The third-order valence-corrected chi connectivity index (χ3v) is 5.30. The maximum absolute atomic E-state index is 12.5. The van der Waals surface area contributed by atoms with Crippen LogP contribution in [0.3, 0.4) is 0 Å². The molecule has 0 unspecified atom stereocenters. The number of H-pyrrole nitrogens is 1. The van der Waals surface area contributed by atoms with Gasteiger partial charge in [0, 0.05) is 16.8 Å². The standard InChI is InChI=1S/C18H22N2O7S/c1-7-11(9(3)21)8(2)20-13(7)17(23)27-6-10-12(16(22)25-4)15(19)28-14(10)18(24)26-5/h9,20-21H,6,19H2,1-5H3/t9-/m1/s1. The van der Waals surface area contributed by atoms with E-state index in [4.69, 9.17) is 19.9 Å². The van der Waals surface area contributed by atoms with Crippen LogP contribution in [0.1, 0.15) is 65.9 Å². The number of thiophene rings is 1. The molecule has 0 saturated heterocycles. The molecule has 0 spiro atoms. The summed E-state index contributed by atoms with van der Waals surface area (Å²) >= 11 is 0.849. The summed E-state index contributed by atoms with van der Waals surface area (Å²) in [5.41, 5.74) is 7.91. The molecule has 0 aliphatic heterocycles. The molecule has 152 valence electrons. The summed E-state index contributed by atoms with van der Waals surface area (Å²) in [5, 5.41) is 9.91. The minimum absolute atomic E-state index is 0.0373. The van der Waals surface area contributed by atoms with Gasteiger partial charge in [-0.2, -0.15) is 0 Å². The normalized spacial score (nSPS) is 11.8. The van der Waals surface area contributed by atoms with Crippen molar-refractivity contribution in [2.75, 3.05) is 20.0 Å². The van der Waals surface area contributed by atoms with Gasteiger partial charge in [0.05, 0.1) is 20.3 Å². The highest BCUT2D eigenvalue weighted by Crippen LogP contribution is 2.33. The zero-order chi connectivity index (χ0) is 21.2. The van der Waals surface area contributed by atoms with Gasteiger partial charge in [-0.3, -0.25) is 0 Å². The average Bonchev–Trinajstić information content (AvgIpc) is 3.14. The third kappa shape index (κ3) is 3.87. The van der Waals surface area contributed by atoms with Crippen LogP contribution in [0.5, 0.6) is 0 Å². The third-order valence-electron chi connectivity index (χ3n) is 4.26. The van der Waals surface area contributed by atoms with E-state index in [1.54, 1.807) is 20.8 Å². The van der Waals surface area contributed by atoms with E-state index >= 15 is 0 Å². The highest BCUT2D eigenvalue weighted by atomic mass is 32.1. The molecule has 0 aliphatic carbocycles. The van der Waals surface area contributed by atoms with E-state index in [2.05, 4.69) is 4.98 Å². The Morgan fingerprint density at radius 2 is 1.75 bits per heavy atom. The van der Waals surface area contributed by atoms with Gasteiger partial charge in [0.1, 0.15) is 27.7 Å². The lowest BCUT2D eigenvalue weighted by Gasteiger charge is -2.08. The number of aliphatic hydroxyl groups excluding tert-OH is 1. The van der Waals surface area contributed by atoms with Crippen molar-refractivity contribution in [3.05, 3.63) is 38.5 Å². The number of anilines is 1. The number of nitrogens with one attached hydrogen (secondary N) is 1. The molecule has 0 aliphatic rings. The van der Waals surface area contributed by atoms with Crippen LogP contribution in [0.4, 0.5) is 5.00 Å². The highest BCUT2D eigenvalue weighted by Gasteiger charge is 2.29. The first-order valence-electron chi connectivity index (χ1n) is 8.25. The fourth-order valence-electron chi connectivity index (χ4n) is 3.01. The SMILES string of the molecule is COC(=O)c1sc(N)c(C(=O)OC)c1COC(=O)c1[nH]c(C)c([C@@H](C)O)c1C. The maximum atomic E-state index is 12.5. The molecule has 0 radical (unpaired) electrons. The molecular weight excluding hydrogens is 388 g/mol. The summed E-state index contributed by atoms with van der Waals surface area (Å²) in [6, 6.07) is 0. The zero-order valence-corrected chi connectivity index (χ0v) is 17.0. The van der Waals surface area contributed by atoms with E-state index in [0.717, 1.165) is 11.3 Å². The number of esters is 3. The van der Waals surface area contributed by atoms with Gasteiger partial charge in [-0.25, -0.2) is 14.4 Å². The van der Waals surface area contributed by atoms with Gasteiger partial charge in [0.25, 0.3) is 0 Å². The molecule has 0 fully saturated rings. The van der Waals surface area contributed by atoms with Crippen LogP contribution in [0.15, 0.2) is 0 Å². The molecular formula is C18H22N2O7S. The van der Waals surface area contributed by atoms with Crippen molar-refractivity contribution in [1.29, 1.82) is 0 Å². The van der Waals surface area contributed by atoms with E-state index < -0.39 is 24.0 Å². The summed E-state index contributed by atoms with van der Waals surface area (Å²) < 4.78 is 14.7. The lowest BCUT2D eigenvalue weighted by atomic mass is 10.1. The highest BCUT2D eigenvalue weighted by molar-refractivity contribution is 7.18. The molecule has 0 aromatic carbocycles. The number of aliphatic hydroxyl groups is 1. The summed E-state index contributed by atoms with van der Waals surface area (Å²) in [6.45, 7) is 4.63. The molecule has 0 bridgehead atoms. The van der Waals surface area contributed by atoms with Crippen molar-refractivity contribution in [3.8, 4) is 0 Å². The lowest BCUT2D eigenvalue weighted by molar-refractivity contribution is 0.0446. The number of methoxy groups -OCH3 is 2. The predicted octanol–water partition coefficient (Wildman–Crippen LogP) is 2.26. The van der Waals surface area contributed by atoms with Crippen molar-refractivity contribution in [2.45, 2.75) is 33.5 Å². The Kier molecular flexibility index (Phi) is 6.47. The quantitative estimate of drug-likeness (QED) is 0.486. The van der Waals surface area contributed by atoms with Gasteiger partial charge < -0.3 is 30.0 Å². The molecule has 10 heteroatoms. The Hall–Kier alpha value is -2.85. The van der Waals surface area contributed by atoms with Crippen LogP contribution in [-0.4, -0.2) is 42.2 Å². The molecule has 2 heterocycles. The van der Waals surface area contributed by atoms with Gasteiger partial charge in [0.15, 0.2) is 0 Å². The molecule has 4 N–H and O–H groups in total. The predicted molar refractivity (Wildman–Crippen MR) is 101 cm³/mol. The van der Waals surface area contributed by atoms with Crippen molar-refractivity contribution in [2.24, 2.45) is 0 Å². The van der Waals surface area contributed by atoms with Gasteiger partial charge >= 0.3 is 17.9 Å². The fraction of sp³-hybridized carbons (Fsp3) is 0.389. The van der Waals surface area contributed by atoms with Crippen LogP contribution in [0.25, 0.3) is 0 Å². The topological polar surface area (TPSA) is 141 Å². The number of nitrogens with two attached hydrogens (primary N) is 1. The minimum Gasteiger partial charge on any atom is -0.465 e. The first-order chi connectivity index (χ1) is 13.1. The Morgan fingerprint density at radius 3 is 2.25 bits per heavy atom. The van der Waals surface area contributed by atoms with Gasteiger partial charge in [-0.05, 0) is 26.3 Å². The molecule has 0 amide bonds. The number of rotatable bonds is 6. The maximum Gasteiger partial charge on any atom is 0.355 e. The zero-order valence-electron chi connectivity index (χ0n) is 16.2. The van der Waals surface area contributed by atoms with Crippen LogP contribution in [0, 0.1) is 13.8 Å². The lowest BCUT2D eigenvalue weighted by Crippen LogP contribution is -2.13. The Balaban J connectivity index is 2.36. The average molecular weight is 410 g/mol. The molecule has 28 heavy (non-hydrogen) atoms. The second kappa shape index (κ2) is 8.44. The number of hydrogen-bond donors (Lipinski definition) is 3. The van der Waals surface area contributed by atoms with E-state index in [0.29, 0.717) is 16.8 Å². The summed E-state index contributed by atoms with van der Waals surface area (Å²) in [7, 11) is 2.37. The number of carbonyl (C=O) groups is 3. The van der Waals surface area contributed by atoms with E-state index in [1.807, 2.05) is 0 Å². The van der Waals surface area contributed by atoms with Crippen LogP contribution < -0.4 is 5.73 Å². The number of aryl methyl sites for hydroxylation is 1. The van der Waals surface area contributed by atoms with E-state index in [-0.39, 0.29) is 33.3 Å². The van der Waals surface area contributed by atoms with Crippen LogP contribution >= 0.6 is 11.3 Å². The number of carbonyl (C=O) groups excluding carboxylic acids is 3. The van der Waals surface area contributed by atoms with E-state index in [9.17, 15) is 19.5 Å². The van der Waals surface area contributed by atoms with Crippen molar-refractivity contribution < 1.29 is 33.7 Å². The second-order valence-electron chi connectivity index (χ2n) is 6.05. The van der Waals surface area contributed by atoms with Crippen molar-refractivity contribution in [1.82, 2.24) is 4.98 Å². The van der Waals surface area contributed by atoms with E-state index in [1.165, 1.54) is 14.2 Å². The van der Waals surface area contributed by atoms with Crippen LogP contribution in [-0.2, 0) is 20.8 Å². The number of aromatic nitrogens is 1. The minimum atomic E-state index is -0.758. The van der Waals surface area contributed by atoms with Gasteiger partial charge in [-0.15, -0.1) is 11.3 Å². The molecule has 0 saturated carbocycles. The molecule has 2 aromatic heterocycles. The molecule has 2 aromatic rings. The molecule has 9 nitrogen and oxygen atoms in total. The summed E-state index contributed by atoms with van der Waals surface area (Å²) in [4.78, 5) is 39.5. The summed E-state index contributed by atoms with van der Waals surface area (Å²) in [5.74, 6) is -2.16. The number of ether oxygens (including phenoxy) is 3. The van der Waals surface area contributed by atoms with Gasteiger partial charge in [0.2, 0.25) is 0 Å². The fourth-order valence-corrected chi connectivity index (χ4v) is 3.99. The Labute approximate surface area is 165 Å². The van der Waals surface area contributed by atoms with Gasteiger partial charge in [-0.1, -0.05) is 0 Å². The second-order valence-corrected chi connectivity index (χ2v) is 7.10. The first-order valence-corrected chi connectivity index (χ1v) is 9.07. The Bertz CT molecular complexity index is 927. The summed E-state index contributed by atoms with van der Waals surface area (Å²) in [6.07, 6.45) is -0.758. The van der Waals surface area contributed by atoms with Crippen molar-refractivity contribution in [3.63, 3.8) is 0 Å².